The number of aliphatic imine (C=N–C) groups is 1. The molecule has 0 atom stereocenters. The van der Waals surface area contributed by atoms with E-state index in [2.05, 4.69) is 25.1 Å². The Labute approximate surface area is 159 Å². The van der Waals surface area contributed by atoms with Gasteiger partial charge in [-0.25, -0.2) is 9.37 Å². The average Bonchev–Trinajstić information content (AvgIpc) is 2.72. The van der Waals surface area contributed by atoms with Gasteiger partial charge in [0.2, 0.25) is 0 Å². The number of benzene rings is 1. The molecule has 1 saturated heterocycles. The zero-order valence-corrected chi connectivity index (χ0v) is 15.9. The highest BCUT2D eigenvalue weighted by Gasteiger charge is 2.20. The predicted octanol–water partition coefficient (Wildman–Crippen LogP) is 2.26. The second-order valence-electron chi connectivity index (χ2n) is 6.42. The van der Waals surface area contributed by atoms with Crippen LogP contribution in [0.15, 0.2) is 47.6 Å². The van der Waals surface area contributed by atoms with Crippen LogP contribution < -0.4 is 10.2 Å². The molecule has 0 aliphatic carbocycles. The van der Waals surface area contributed by atoms with Gasteiger partial charge in [-0.3, -0.25) is 4.99 Å². The van der Waals surface area contributed by atoms with Gasteiger partial charge in [0, 0.05) is 58.6 Å². The monoisotopic (exact) mass is 371 g/mol. The van der Waals surface area contributed by atoms with Crippen molar-refractivity contribution in [2.24, 2.45) is 4.99 Å². The van der Waals surface area contributed by atoms with E-state index in [0.717, 1.165) is 43.5 Å². The van der Waals surface area contributed by atoms with E-state index in [1.807, 2.05) is 30.5 Å². The number of hydrogen-bond acceptors (Lipinski definition) is 4. The standard InChI is InChI=1S/C20H26FN5O/c1-22-20(24-14-16-6-7-18(21)17(13-16)15-27-2)26-11-9-25(10-12-26)19-5-3-4-8-23-19/h3-8,13H,9-12,14-15H2,1-2H3,(H,22,24). The van der Waals surface area contributed by atoms with Crippen molar-refractivity contribution in [2.75, 3.05) is 45.2 Å². The highest BCUT2D eigenvalue weighted by molar-refractivity contribution is 5.80. The zero-order chi connectivity index (χ0) is 19.1. The minimum atomic E-state index is -0.240. The second kappa shape index (κ2) is 9.32. The Hall–Kier alpha value is -2.67. The third-order valence-corrected chi connectivity index (χ3v) is 4.62. The van der Waals surface area contributed by atoms with Crippen molar-refractivity contribution in [2.45, 2.75) is 13.2 Å². The number of nitrogens with one attached hydrogen (secondary N) is 1. The summed E-state index contributed by atoms with van der Waals surface area (Å²) in [5.74, 6) is 1.63. The molecule has 0 saturated carbocycles. The fourth-order valence-electron chi connectivity index (χ4n) is 3.21. The number of hydrogen-bond donors (Lipinski definition) is 1. The van der Waals surface area contributed by atoms with Crippen molar-refractivity contribution < 1.29 is 9.13 Å². The molecule has 3 rings (SSSR count). The van der Waals surface area contributed by atoms with Gasteiger partial charge in [-0.2, -0.15) is 0 Å². The summed E-state index contributed by atoms with van der Waals surface area (Å²) in [6.07, 6.45) is 1.82. The number of ether oxygens (including phenoxy) is 1. The molecule has 27 heavy (non-hydrogen) atoms. The van der Waals surface area contributed by atoms with Crippen molar-refractivity contribution in [3.63, 3.8) is 0 Å². The molecular weight excluding hydrogens is 345 g/mol. The number of pyridine rings is 1. The summed E-state index contributed by atoms with van der Waals surface area (Å²) in [6.45, 7) is 4.38. The molecule has 7 heteroatoms. The number of rotatable bonds is 5. The Bertz CT molecular complexity index is 760. The number of nitrogens with zero attached hydrogens (tertiary/aromatic N) is 4. The Balaban J connectivity index is 1.55. The molecule has 2 heterocycles. The summed E-state index contributed by atoms with van der Waals surface area (Å²) in [6, 6.07) is 11.1. The van der Waals surface area contributed by atoms with Crippen molar-refractivity contribution in [3.05, 3.63) is 59.5 Å². The Morgan fingerprint density at radius 3 is 2.70 bits per heavy atom. The van der Waals surface area contributed by atoms with Crippen LogP contribution in [0.2, 0.25) is 0 Å². The maximum Gasteiger partial charge on any atom is 0.194 e. The van der Waals surface area contributed by atoms with Gasteiger partial charge in [0.05, 0.1) is 6.61 Å². The first kappa shape index (κ1) is 19.1. The molecule has 0 bridgehead atoms. The number of piperazine rings is 1. The Kier molecular flexibility index (Phi) is 6.59. The summed E-state index contributed by atoms with van der Waals surface area (Å²) >= 11 is 0. The van der Waals surface area contributed by atoms with Crippen LogP contribution in [0, 0.1) is 5.82 Å². The van der Waals surface area contributed by atoms with E-state index in [0.29, 0.717) is 12.1 Å². The number of methoxy groups -OCH3 is 1. The molecule has 0 spiro atoms. The largest absolute Gasteiger partial charge is 0.380 e. The normalized spacial score (nSPS) is 15.1. The fourth-order valence-corrected chi connectivity index (χ4v) is 3.21. The summed E-state index contributed by atoms with van der Waals surface area (Å²) in [7, 11) is 3.35. The van der Waals surface area contributed by atoms with Gasteiger partial charge in [0.1, 0.15) is 11.6 Å². The SMILES string of the molecule is CN=C(NCc1ccc(F)c(COC)c1)N1CCN(c2ccccn2)CC1. The van der Waals surface area contributed by atoms with Crippen LogP contribution >= 0.6 is 0 Å². The minimum Gasteiger partial charge on any atom is -0.380 e. The topological polar surface area (TPSA) is 53.0 Å². The molecule has 1 aliphatic rings. The molecule has 144 valence electrons. The Morgan fingerprint density at radius 1 is 1.22 bits per heavy atom. The first-order valence-corrected chi connectivity index (χ1v) is 9.09. The summed E-state index contributed by atoms with van der Waals surface area (Å²) in [4.78, 5) is 13.3. The number of anilines is 1. The predicted molar refractivity (Wildman–Crippen MR) is 105 cm³/mol. The van der Waals surface area contributed by atoms with Gasteiger partial charge in [-0.15, -0.1) is 0 Å². The van der Waals surface area contributed by atoms with Gasteiger partial charge < -0.3 is 19.9 Å². The van der Waals surface area contributed by atoms with E-state index in [4.69, 9.17) is 4.74 Å². The van der Waals surface area contributed by atoms with Gasteiger partial charge in [-0.05, 0) is 29.8 Å². The smallest absolute Gasteiger partial charge is 0.194 e. The van der Waals surface area contributed by atoms with Crippen molar-refractivity contribution in [3.8, 4) is 0 Å². The zero-order valence-electron chi connectivity index (χ0n) is 15.9. The molecule has 0 amide bonds. The van der Waals surface area contributed by atoms with E-state index in [9.17, 15) is 4.39 Å². The molecular formula is C20H26FN5O. The quantitative estimate of drug-likeness (QED) is 0.645. The first-order chi connectivity index (χ1) is 13.2. The average molecular weight is 371 g/mol. The van der Waals surface area contributed by atoms with Gasteiger partial charge in [-0.1, -0.05) is 12.1 Å². The van der Waals surface area contributed by atoms with E-state index in [1.165, 1.54) is 6.07 Å². The van der Waals surface area contributed by atoms with Gasteiger partial charge in [0.25, 0.3) is 0 Å². The lowest BCUT2D eigenvalue weighted by atomic mass is 10.1. The minimum absolute atomic E-state index is 0.240. The maximum absolute atomic E-state index is 13.7. The van der Waals surface area contributed by atoms with E-state index >= 15 is 0 Å². The fraction of sp³-hybridized carbons (Fsp3) is 0.400. The first-order valence-electron chi connectivity index (χ1n) is 9.09. The number of aromatic nitrogens is 1. The van der Waals surface area contributed by atoms with Crippen LogP contribution in [0.5, 0.6) is 0 Å². The third kappa shape index (κ3) is 4.95. The van der Waals surface area contributed by atoms with Crippen molar-refractivity contribution in [1.29, 1.82) is 0 Å². The second-order valence-corrected chi connectivity index (χ2v) is 6.42. The van der Waals surface area contributed by atoms with Crippen LogP contribution in [0.3, 0.4) is 0 Å². The lowest BCUT2D eigenvalue weighted by Gasteiger charge is -2.37. The Morgan fingerprint density at radius 2 is 2.04 bits per heavy atom. The third-order valence-electron chi connectivity index (χ3n) is 4.62. The van der Waals surface area contributed by atoms with Crippen LogP contribution in [0.4, 0.5) is 10.2 Å². The summed E-state index contributed by atoms with van der Waals surface area (Å²) < 4.78 is 18.8. The van der Waals surface area contributed by atoms with Crippen LogP contribution in [0.25, 0.3) is 0 Å². The molecule has 2 aromatic rings. The molecule has 1 aromatic heterocycles. The number of guanidine groups is 1. The van der Waals surface area contributed by atoms with Crippen LogP contribution in [-0.4, -0.2) is 56.2 Å². The molecule has 0 unspecified atom stereocenters. The van der Waals surface area contributed by atoms with Crippen LogP contribution in [0.1, 0.15) is 11.1 Å². The molecule has 1 aliphatic heterocycles. The van der Waals surface area contributed by atoms with E-state index < -0.39 is 0 Å². The molecule has 6 nitrogen and oxygen atoms in total. The highest BCUT2D eigenvalue weighted by atomic mass is 19.1. The van der Waals surface area contributed by atoms with Crippen LogP contribution in [-0.2, 0) is 17.9 Å². The van der Waals surface area contributed by atoms with Gasteiger partial charge >= 0.3 is 0 Å². The van der Waals surface area contributed by atoms with Crippen molar-refractivity contribution in [1.82, 2.24) is 15.2 Å². The number of halogens is 1. The van der Waals surface area contributed by atoms with Crippen molar-refractivity contribution >= 4 is 11.8 Å². The molecule has 1 fully saturated rings. The summed E-state index contributed by atoms with van der Waals surface area (Å²) in [5.41, 5.74) is 1.56. The lowest BCUT2D eigenvalue weighted by molar-refractivity contribution is 0.181. The molecule has 1 N–H and O–H groups in total. The highest BCUT2D eigenvalue weighted by Crippen LogP contribution is 2.14. The van der Waals surface area contributed by atoms with E-state index in [-0.39, 0.29) is 12.4 Å². The lowest BCUT2D eigenvalue weighted by Crippen LogP contribution is -2.52. The van der Waals surface area contributed by atoms with Gasteiger partial charge in [0.15, 0.2) is 5.96 Å². The molecule has 1 aromatic carbocycles. The maximum atomic E-state index is 13.7. The van der Waals surface area contributed by atoms with E-state index in [1.54, 1.807) is 20.2 Å². The molecule has 0 radical (unpaired) electrons. The summed E-state index contributed by atoms with van der Waals surface area (Å²) in [5, 5.41) is 3.38.